The van der Waals surface area contributed by atoms with Crippen molar-refractivity contribution in [1.29, 1.82) is 0 Å². The normalized spacial score (nSPS) is 18.0. The van der Waals surface area contributed by atoms with Crippen LogP contribution in [0.15, 0.2) is 102 Å². The van der Waals surface area contributed by atoms with E-state index in [0.29, 0.717) is 40.6 Å². The summed E-state index contributed by atoms with van der Waals surface area (Å²) in [5.74, 6) is -0.151. The number of nitrogens with zero attached hydrogens (tertiary/aromatic N) is 5. The van der Waals surface area contributed by atoms with Gasteiger partial charge in [-0.3, -0.25) is 14.7 Å². The molecule has 0 radical (unpaired) electrons. The maximum atomic E-state index is 13.4. The smallest absolute Gasteiger partial charge is 0.354 e. The Balaban J connectivity index is 1.19. The number of carbonyl (C=O) groups is 1. The lowest BCUT2D eigenvalue weighted by molar-refractivity contribution is -0.137. The Hall–Kier alpha value is -4.46. The summed E-state index contributed by atoms with van der Waals surface area (Å²) in [6.45, 7) is 4.16. The van der Waals surface area contributed by atoms with Crippen molar-refractivity contribution in [2.45, 2.75) is 30.2 Å². The number of amides is 1. The molecule has 2 aromatic carbocycles. The zero-order valence-corrected chi connectivity index (χ0v) is 26.1. The van der Waals surface area contributed by atoms with Crippen LogP contribution < -0.4 is 10.2 Å². The highest BCUT2D eigenvalue weighted by Gasteiger charge is 2.32. The summed E-state index contributed by atoms with van der Waals surface area (Å²) >= 11 is 0. The Morgan fingerprint density at radius 2 is 1.62 bits per heavy atom. The lowest BCUT2D eigenvalue weighted by atomic mass is 10.1. The monoisotopic (exact) mass is 664 g/mol. The van der Waals surface area contributed by atoms with Gasteiger partial charge < -0.3 is 10.2 Å². The summed E-state index contributed by atoms with van der Waals surface area (Å²) < 4.78 is 67.8. The summed E-state index contributed by atoms with van der Waals surface area (Å²) in [6, 6.07) is 17.0. The molecule has 2 aliphatic heterocycles. The second kappa shape index (κ2) is 14.1. The van der Waals surface area contributed by atoms with Crippen LogP contribution in [-0.4, -0.2) is 68.1 Å². The van der Waals surface area contributed by atoms with Crippen LogP contribution in [0, 0.1) is 5.82 Å². The molecule has 1 N–H and O–H groups in total. The van der Waals surface area contributed by atoms with Crippen LogP contribution in [0.1, 0.15) is 16.7 Å². The van der Waals surface area contributed by atoms with Gasteiger partial charge in [0.15, 0.2) is 0 Å². The van der Waals surface area contributed by atoms with E-state index in [2.05, 4.69) is 20.1 Å². The van der Waals surface area contributed by atoms with E-state index in [1.807, 2.05) is 18.2 Å². The van der Waals surface area contributed by atoms with Crippen LogP contribution in [-0.2, 0) is 35.0 Å². The van der Waals surface area contributed by atoms with Crippen LogP contribution in [0.25, 0.3) is 11.3 Å². The van der Waals surface area contributed by atoms with Crippen LogP contribution in [0.4, 0.5) is 23.4 Å². The van der Waals surface area contributed by atoms with Gasteiger partial charge in [-0.25, -0.2) is 17.9 Å². The van der Waals surface area contributed by atoms with Crippen LogP contribution >= 0.6 is 0 Å². The molecule has 0 bridgehead atoms. The van der Waals surface area contributed by atoms with E-state index >= 15 is 0 Å². The molecule has 0 spiro atoms. The third-order valence-corrected chi connectivity index (χ3v) is 9.59. The average molecular weight is 665 g/mol. The highest BCUT2D eigenvalue weighted by Crippen LogP contribution is 2.32. The number of benzene rings is 2. The molecule has 1 unspecified atom stereocenters. The molecule has 0 aliphatic carbocycles. The van der Waals surface area contributed by atoms with Gasteiger partial charge in [-0.15, -0.1) is 0 Å². The Labute approximate surface area is 272 Å². The largest absolute Gasteiger partial charge is 0.416 e. The van der Waals surface area contributed by atoms with Crippen molar-refractivity contribution in [3.05, 3.63) is 120 Å². The van der Waals surface area contributed by atoms with E-state index in [1.165, 1.54) is 46.3 Å². The van der Waals surface area contributed by atoms with Crippen molar-refractivity contribution in [2.75, 3.05) is 37.6 Å². The molecule has 244 valence electrons. The summed E-state index contributed by atoms with van der Waals surface area (Å²) in [5, 5.41) is 2.92. The minimum atomic E-state index is -4.46. The second-order valence-corrected chi connectivity index (χ2v) is 12.7. The predicted octanol–water partition coefficient (Wildman–Crippen LogP) is 5.20. The van der Waals surface area contributed by atoms with Gasteiger partial charge in [-0.05, 0) is 71.8 Å². The number of hydrogen-bond donors (Lipinski definition) is 1. The first-order chi connectivity index (χ1) is 22.6. The van der Waals surface area contributed by atoms with Crippen LogP contribution in [0.2, 0.25) is 0 Å². The molecule has 0 saturated carbocycles. The number of halogens is 4. The minimum Gasteiger partial charge on any atom is -0.354 e. The molecule has 8 nitrogen and oxygen atoms in total. The molecule has 13 heteroatoms. The predicted molar refractivity (Wildman–Crippen MR) is 171 cm³/mol. The number of nitrogens with one attached hydrogen (secondary N) is 1. The Kier molecular flexibility index (Phi) is 9.76. The van der Waals surface area contributed by atoms with E-state index in [9.17, 15) is 26.6 Å². The molecular formula is C34H32F4N6O2S. The number of aromatic nitrogens is 2. The summed E-state index contributed by atoms with van der Waals surface area (Å²) in [5.41, 5.74) is 2.14. The standard InChI is InChI=1S/C34H32F4N6O2S/c35-28-7-9-29(10-8-28)47(46)44-15-1-2-31(44)33(45)40-22-25-20-30(26-3-5-27(6-4-26)34(36,37)38)41-32(21-25)43-18-16-42(17-19-43)23-24-11-13-39-14-12-24/h1-14,20-21,31H,15-19,22-23H2,(H,40,45)/t31-,47?/m0/s1. The maximum Gasteiger partial charge on any atom is 0.416 e. The van der Waals surface area contributed by atoms with Gasteiger partial charge in [-0.1, -0.05) is 24.3 Å². The average Bonchev–Trinajstić information content (AvgIpc) is 3.58. The highest BCUT2D eigenvalue weighted by molar-refractivity contribution is 7.82. The van der Waals surface area contributed by atoms with Gasteiger partial charge in [0, 0.05) is 63.8 Å². The molecule has 6 rings (SSSR count). The second-order valence-electron chi connectivity index (χ2n) is 11.3. The van der Waals surface area contributed by atoms with E-state index in [-0.39, 0.29) is 19.0 Å². The summed E-state index contributed by atoms with van der Waals surface area (Å²) in [6.07, 6.45) is 2.52. The number of rotatable bonds is 9. The number of piperazine rings is 1. The van der Waals surface area contributed by atoms with E-state index < -0.39 is 34.6 Å². The van der Waals surface area contributed by atoms with Gasteiger partial charge in [0.05, 0.1) is 16.2 Å². The topological polar surface area (TPSA) is 81.7 Å². The van der Waals surface area contributed by atoms with Crippen molar-refractivity contribution >= 4 is 22.7 Å². The van der Waals surface area contributed by atoms with Crippen molar-refractivity contribution in [2.24, 2.45) is 0 Å². The van der Waals surface area contributed by atoms with Crippen molar-refractivity contribution in [3.8, 4) is 11.3 Å². The lowest BCUT2D eigenvalue weighted by Crippen LogP contribution is -2.46. The molecule has 47 heavy (non-hydrogen) atoms. The minimum absolute atomic E-state index is 0.116. The van der Waals surface area contributed by atoms with Crippen LogP contribution in [0.3, 0.4) is 0 Å². The number of pyridine rings is 2. The molecular weight excluding hydrogens is 632 g/mol. The van der Waals surface area contributed by atoms with Gasteiger partial charge in [0.1, 0.15) is 28.7 Å². The van der Waals surface area contributed by atoms with Gasteiger partial charge >= 0.3 is 6.18 Å². The van der Waals surface area contributed by atoms with Gasteiger partial charge in [0.25, 0.3) is 0 Å². The van der Waals surface area contributed by atoms with Gasteiger partial charge in [-0.2, -0.15) is 13.2 Å². The quantitative estimate of drug-likeness (QED) is 0.196. The Bertz CT molecular complexity index is 1750. The van der Waals surface area contributed by atoms with E-state index in [4.69, 9.17) is 4.98 Å². The molecule has 4 aromatic rings. The molecule has 1 saturated heterocycles. The molecule has 1 fully saturated rings. The molecule has 2 aliphatic rings. The van der Waals surface area contributed by atoms with E-state index in [1.54, 1.807) is 30.6 Å². The Morgan fingerprint density at radius 1 is 0.915 bits per heavy atom. The molecule has 2 aromatic heterocycles. The molecule has 1 amide bonds. The van der Waals surface area contributed by atoms with Crippen molar-refractivity contribution in [3.63, 3.8) is 0 Å². The number of alkyl halides is 3. The molecule has 2 atom stereocenters. The fourth-order valence-electron chi connectivity index (χ4n) is 5.57. The highest BCUT2D eigenvalue weighted by atomic mass is 32.2. The first-order valence-corrected chi connectivity index (χ1v) is 16.2. The van der Waals surface area contributed by atoms with Crippen molar-refractivity contribution in [1.82, 2.24) is 24.5 Å². The maximum absolute atomic E-state index is 13.4. The first-order valence-electron chi connectivity index (χ1n) is 15.1. The number of anilines is 1. The first kappa shape index (κ1) is 32.5. The van der Waals surface area contributed by atoms with Crippen molar-refractivity contribution < 1.29 is 26.6 Å². The number of hydrogen-bond acceptors (Lipinski definition) is 6. The SMILES string of the molecule is O=C(NCc1cc(-c2ccc(C(F)(F)F)cc2)nc(N2CCN(Cc3ccncc3)CC2)c1)[C@@H]1C=CCN1S(=O)c1ccc(F)cc1. The molecule has 4 heterocycles. The fraction of sp³-hybridized carbons (Fsp3) is 0.265. The Morgan fingerprint density at radius 3 is 2.30 bits per heavy atom. The summed E-state index contributed by atoms with van der Waals surface area (Å²) in [7, 11) is -1.69. The van der Waals surface area contributed by atoms with Crippen LogP contribution in [0.5, 0.6) is 0 Å². The number of carbonyl (C=O) groups excluding carboxylic acids is 1. The van der Waals surface area contributed by atoms with Gasteiger partial charge in [0.2, 0.25) is 5.91 Å². The van der Waals surface area contributed by atoms with E-state index in [0.717, 1.165) is 31.8 Å². The third-order valence-electron chi connectivity index (χ3n) is 8.11. The third kappa shape index (κ3) is 7.92. The zero-order chi connectivity index (χ0) is 33.0. The zero-order valence-electron chi connectivity index (χ0n) is 25.2. The lowest BCUT2D eigenvalue weighted by Gasteiger charge is -2.35. The summed E-state index contributed by atoms with van der Waals surface area (Å²) in [4.78, 5) is 27.1. The fourth-order valence-corrected chi connectivity index (χ4v) is 6.80.